The molecule has 0 fully saturated rings. The lowest BCUT2D eigenvalue weighted by molar-refractivity contribution is 0.0747. The maximum Gasteiger partial charge on any atom is 0.264 e. The number of aliphatic hydroxyl groups excluding tert-OH is 1. The Balaban J connectivity index is 2.46. The second kappa shape index (κ2) is 6.15. The SMILES string of the molecule is C=CCN(CCO)C(=O)c1sc2cccc(F)c2c1C. The van der Waals surface area contributed by atoms with Crippen molar-refractivity contribution in [3.8, 4) is 0 Å². The van der Waals surface area contributed by atoms with E-state index < -0.39 is 0 Å². The molecule has 0 atom stereocenters. The number of nitrogens with zero attached hydrogens (tertiary/aromatic N) is 1. The van der Waals surface area contributed by atoms with Gasteiger partial charge in [0.2, 0.25) is 0 Å². The highest BCUT2D eigenvalue weighted by molar-refractivity contribution is 7.21. The van der Waals surface area contributed by atoms with Crippen LogP contribution in [-0.4, -0.2) is 35.6 Å². The Morgan fingerprint density at radius 3 is 2.90 bits per heavy atom. The van der Waals surface area contributed by atoms with E-state index in [1.807, 2.05) is 0 Å². The molecule has 0 aliphatic carbocycles. The summed E-state index contributed by atoms with van der Waals surface area (Å²) in [6.45, 7) is 5.84. The molecule has 1 aromatic carbocycles. The lowest BCUT2D eigenvalue weighted by Gasteiger charge is -2.19. The number of hydrogen-bond donors (Lipinski definition) is 1. The van der Waals surface area contributed by atoms with Crippen molar-refractivity contribution in [2.45, 2.75) is 6.92 Å². The molecule has 0 aliphatic rings. The molecule has 0 bridgehead atoms. The van der Waals surface area contributed by atoms with Crippen LogP contribution in [0, 0.1) is 12.7 Å². The van der Waals surface area contributed by atoms with Crippen molar-refractivity contribution in [2.24, 2.45) is 0 Å². The van der Waals surface area contributed by atoms with Gasteiger partial charge in [-0.2, -0.15) is 0 Å². The third kappa shape index (κ3) is 2.59. The molecule has 1 amide bonds. The van der Waals surface area contributed by atoms with E-state index in [9.17, 15) is 9.18 Å². The van der Waals surface area contributed by atoms with Crippen LogP contribution in [0.4, 0.5) is 4.39 Å². The second-order valence-corrected chi connectivity index (χ2v) is 5.48. The van der Waals surface area contributed by atoms with Gasteiger partial charge >= 0.3 is 0 Å². The molecule has 0 saturated carbocycles. The fraction of sp³-hybridized carbons (Fsp3) is 0.267. The van der Waals surface area contributed by atoms with Crippen LogP contribution in [-0.2, 0) is 0 Å². The molecular weight excluding hydrogens is 277 g/mol. The third-order valence-electron chi connectivity index (χ3n) is 3.10. The number of halogens is 1. The zero-order valence-electron chi connectivity index (χ0n) is 11.2. The van der Waals surface area contributed by atoms with Gasteiger partial charge in [-0.25, -0.2) is 4.39 Å². The number of amides is 1. The van der Waals surface area contributed by atoms with Crippen LogP contribution < -0.4 is 0 Å². The predicted molar refractivity (Wildman–Crippen MR) is 79.7 cm³/mol. The minimum atomic E-state index is -0.312. The van der Waals surface area contributed by atoms with E-state index in [4.69, 9.17) is 5.11 Å². The van der Waals surface area contributed by atoms with E-state index in [2.05, 4.69) is 6.58 Å². The first-order valence-corrected chi connectivity index (χ1v) is 7.10. The summed E-state index contributed by atoms with van der Waals surface area (Å²) >= 11 is 1.28. The largest absolute Gasteiger partial charge is 0.395 e. The lowest BCUT2D eigenvalue weighted by atomic mass is 10.1. The van der Waals surface area contributed by atoms with Crippen molar-refractivity contribution in [2.75, 3.05) is 19.7 Å². The van der Waals surface area contributed by atoms with Gasteiger partial charge in [0.15, 0.2) is 0 Å². The highest BCUT2D eigenvalue weighted by Crippen LogP contribution is 2.33. The van der Waals surface area contributed by atoms with Gasteiger partial charge in [0.1, 0.15) is 5.82 Å². The number of aryl methyl sites for hydroxylation is 1. The molecule has 0 aliphatic heterocycles. The van der Waals surface area contributed by atoms with E-state index >= 15 is 0 Å². The lowest BCUT2D eigenvalue weighted by Crippen LogP contribution is -2.33. The average molecular weight is 293 g/mol. The average Bonchev–Trinajstić information content (AvgIpc) is 2.76. The summed E-state index contributed by atoms with van der Waals surface area (Å²) in [4.78, 5) is 14.5. The number of hydrogen-bond acceptors (Lipinski definition) is 3. The number of rotatable bonds is 5. The van der Waals surface area contributed by atoms with Crippen molar-refractivity contribution < 1.29 is 14.3 Å². The third-order valence-corrected chi connectivity index (χ3v) is 4.35. The van der Waals surface area contributed by atoms with Crippen molar-refractivity contribution in [3.05, 3.63) is 47.1 Å². The number of thiophene rings is 1. The summed E-state index contributed by atoms with van der Waals surface area (Å²) in [5.74, 6) is -0.509. The van der Waals surface area contributed by atoms with Crippen LogP contribution in [0.15, 0.2) is 30.9 Å². The first-order valence-electron chi connectivity index (χ1n) is 6.28. The Hall–Kier alpha value is -1.72. The molecule has 0 unspecified atom stereocenters. The topological polar surface area (TPSA) is 40.5 Å². The Morgan fingerprint density at radius 1 is 1.55 bits per heavy atom. The summed E-state index contributed by atoms with van der Waals surface area (Å²) in [5.41, 5.74) is 0.653. The van der Waals surface area contributed by atoms with Crippen molar-refractivity contribution >= 4 is 27.3 Å². The fourth-order valence-electron chi connectivity index (χ4n) is 2.15. The fourth-order valence-corrected chi connectivity index (χ4v) is 3.34. The molecule has 106 valence electrons. The van der Waals surface area contributed by atoms with Gasteiger partial charge in [-0.3, -0.25) is 4.79 Å². The molecule has 3 nitrogen and oxygen atoms in total. The molecule has 5 heteroatoms. The molecule has 2 aromatic rings. The Morgan fingerprint density at radius 2 is 2.30 bits per heavy atom. The van der Waals surface area contributed by atoms with Crippen LogP contribution in [0.2, 0.25) is 0 Å². The van der Waals surface area contributed by atoms with E-state index in [1.54, 1.807) is 25.1 Å². The van der Waals surface area contributed by atoms with Gasteiger partial charge in [-0.05, 0) is 24.6 Å². The summed E-state index contributed by atoms with van der Waals surface area (Å²) in [6, 6.07) is 4.83. The Kier molecular flexibility index (Phi) is 4.52. The summed E-state index contributed by atoms with van der Waals surface area (Å²) < 4.78 is 14.6. The van der Waals surface area contributed by atoms with Crippen molar-refractivity contribution in [3.63, 3.8) is 0 Å². The van der Waals surface area contributed by atoms with Gasteiger partial charge in [0.25, 0.3) is 5.91 Å². The summed E-state index contributed by atoms with van der Waals surface area (Å²) in [7, 11) is 0. The van der Waals surface area contributed by atoms with E-state index in [0.29, 0.717) is 22.4 Å². The summed E-state index contributed by atoms with van der Waals surface area (Å²) in [5, 5.41) is 9.53. The van der Waals surface area contributed by atoms with Gasteiger partial charge in [0.05, 0.1) is 11.5 Å². The number of carbonyl (C=O) groups excluding carboxylic acids is 1. The van der Waals surface area contributed by atoms with E-state index in [-0.39, 0.29) is 24.9 Å². The van der Waals surface area contributed by atoms with Crippen molar-refractivity contribution in [1.82, 2.24) is 4.90 Å². The van der Waals surface area contributed by atoms with Crippen LogP contribution in [0.25, 0.3) is 10.1 Å². The Labute approximate surface area is 120 Å². The van der Waals surface area contributed by atoms with Crippen LogP contribution in [0.1, 0.15) is 15.2 Å². The van der Waals surface area contributed by atoms with Crippen LogP contribution in [0.3, 0.4) is 0 Å². The van der Waals surface area contributed by atoms with Crippen LogP contribution in [0.5, 0.6) is 0 Å². The van der Waals surface area contributed by atoms with Gasteiger partial charge in [-0.15, -0.1) is 17.9 Å². The van der Waals surface area contributed by atoms with Crippen molar-refractivity contribution in [1.29, 1.82) is 0 Å². The first-order chi connectivity index (χ1) is 9.60. The molecule has 0 radical (unpaired) electrons. The Bertz CT molecular complexity index is 651. The van der Waals surface area contributed by atoms with Gasteiger partial charge < -0.3 is 10.0 Å². The monoisotopic (exact) mass is 293 g/mol. The number of carbonyl (C=O) groups is 1. The molecule has 0 saturated heterocycles. The minimum absolute atomic E-state index is 0.113. The molecule has 1 aromatic heterocycles. The standard InChI is InChI=1S/C15H16FNO2S/c1-3-7-17(8-9-18)15(19)14-10(2)13-11(16)5-4-6-12(13)20-14/h3-6,18H,1,7-9H2,2H3. The number of fused-ring (bicyclic) bond motifs is 1. The number of aliphatic hydroxyl groups is 1. The van der Waals surface area contributed by atoms with Crippen LogP contribution >= 0.6 is 11.3 Å². The van der Waals surface area contributed by atoms with E-state index in [0.717, 1.165) is 4.70 Å². The van der Waals surface area contributed by atoms with E-state index in [1.165, 1.54) is 22.3 Å². The smallest absolute Gasteiger partial charge is 0.264 e. The van der Waals surface area contributed by atoms with Gasteiger partial charge in [0, 0.05) is 23.2 Å². The highest BCUT2D eigenvalue weighted by Gasteiger charge is 2.21. The molecule has 0 spiro atoms. The minimum Gasteiger partial charge on any atom is -0.395 e. The molecule has 20 heavy (non-hydrogen) atoms. The predicted octanol–water partition coefficient (Wildman–Crippen LogP) is 2.97. The maximum absolute atomic E-state index is 13.8. The molecule has 1 N–H and O–H groups in total. The number of benzene rings is 1. The summed E-state index contributed by atoms with van der Waals surface area (Å²) in [6.07, 6.45) is 1.61. The first kappa shape index (κ1) is 14.7. The highest BCUT2D eigenvalue weighted by atomic mass is 32.1. The van der Waals surface area contributed by atoms with Gasteiger partial charge in [-0.1, -0.05) is 12.1 Å². The molecule has 1 heterocycles. The quantitative estimate of drug-likeness (QED) is 0.861. The second-order valence-electron chi connectivity index (χ2n) is 4.43. The zero-order valence-corrected chi connectivity index (χ0v) is 12.0. The molecular formula is C15H16FNO2S. The molecule has 2 rings (SSSR count). The zero-order chi connectivity index (χ0) is 14.7. The normalized spacial score (nSPS) is 10.8. The maximum atomic E-state index is 13.8.